The van der Waals surface area contributed by atoms with Gasteiger partial charge in [-0.05, 0) is 69.1 Å². The molecule has 0 amide bonds. The largest absolute Gasteiger partial charge is 0.506 e. The van der Waals surface area contributed by atoms with Crippen molar-refractivity contribution in [3.05, 3.63) is 28.3 Å². The van der Waals surface area contributed by atoms with E-state index >= 15 is 0 Å². The van der Waals surface area contributed by atoms with Crippen LogP contribution in [0.15, 0.2) is 12.1 Å². The predicted molar refractivity (Wildman–Crippen MR) is 82.5 cm³/mol. The summed E-state index contributed by atoms with van der Waals surface area (Å²) in [6, 6.07) is 3.83. The maximum Gasteiger partial charge on any atom is 0.134 e. The normalized spacial score (nSPS) is 27.9. The number of piperidine rings is 1. The highest BCUT2D eigenvalue weighted by molar-refractivity contribution is 6.32. The minimum Gasteiger partial charge on any atom is -0.506 e. The highest BCUT2D eigenvalue weighted by Gasteiger charge is 2.37. The van der Waals surface area contributed by atoms with Crippen molar-refractivity contribution in [2.45, 2.75) is 38.1 Å². The Morgan fingerprint density at radius 3 is 2.75 bits per heavy atom. The minimum absolute atomic E-state index is 0.0473. The fraction of sp³-hybridized carbons (Fsp3) is 0.625. The maximum absolute atomic E-state index is 10.0. The summed E-state index contributed by atoms with van der Waals surface area (Å²) >= 11 is 6.09. The van der Waals surface area contributed by atoms with Gasteiger partial charge in [0, 0.05) is 6.54 Å². The van der Waals surface area contributed by atoms with Crippen molar-refractivity contribution in [1.29, 1.82) is 0 Å². The number of nitrogens with zero attached hydrogens (tertiary/aromatic N) is 1. The van der Waals surface area contributed by atoms with Crippen LogP contribution < -0.4 is 5.32 Å². The molecule has 1 fully saturated rings. The summed E-state index contributed by atoms with van der Waals surface area (Å²) < 4.78 is 0. The number of aromatic hydroxyl groups is 1. The van der Waals surface area contributed by atoms with E-state index in [1.165, 1.54) is 30.4 Å². The molecule has 2 aliphatic heterocycles. The second-order valence-electron chi connectivity index (χ2n) is 6.21. The lowest BCUT2D eigenvalue weighted by atomic mass is 9.85. The van der Waals surface area contributed by atoms with Gasteiger partial charge in [-0.2, -0.15) is 0 Å². The van der Waals surface area contributed by atoms with Gasteiger partial charge in [0.15, 0.2) is 0 Å². The van der Waals surface area contributed by atoms with Gasteiger partial charge in [0.05, 0.1) is 10.6 Å². The fourth-order valence-electron chi connectivity index (χ4n) is 3.63. The average Bonchev–Trinajstić information content (AvgIpc) is 2.62. The highest BCUT2D eigenvalue weighted by Crippen LogP contribution is 2.38. The summed E-state index contributed by atoms with van der Waals surface area (Å²) in [4.78, 5) is 2.57. The van der Waals surface area contributed by atoms with Crippen LogP contribution in [0.5, 0.6) is 5.75 Å². The van der Waals surface area contributed by atoms with Crippen molar-refractivity contribution >= 4 is 11.6 Å². The molecular weight excluding hydrogens is 272 g/mol. The standard InChI is InChI=1S/C16H23ClN2O/c1-16(19-7-3-2-4-8-19)11-18-6-5-12-9-14(17)15(20)10-13(12)16/h9-10,18,20H,2-8,11H2,1H3. The number of rotatable bonds is 1. The van der Waals surface area contributed by atoms with E-state index in [1.807, 2.05) is 12.1 Å². The van der Waals surface area contributed by atoms with Crippen molar-refractivity contribution in [3.8, 4) is 5.75 Å². The lowest BCUT2D eigenvalue weighted by Gasteiger charge is -2.44. The van der Waals surface area contributed by atoms with Crippen LogP contribution in [-0.2, 0) is 12.0 Å². The molecule has 2 N–H and O–H groups in total. The zero-order valence-corrected chi connectivity index (χ0v) is 12.8. The molecule has 0 saturated carbocycles. The molecule has 1 atom stereocenters. The monoisotopic (exact) mass is 294 g/mol. The van der Waals surface area contributed by atoms with Crippen LogP contribution >= 0.6 is 11.6 Å². The minimum atomic E-state index is -0.0473. The Balaban J connectivity index is 2.05. The molecule has 0 aromatic heterocycles. The zero-order valence-electron chi connectivity index (χ0n) is 12.1. The molecule has 1 aromatic carbocycles. The molecule has 2 heterocycles. The Bertz CT molecular complexity index is 499. The summed E-state index contributed by atoms with van der Waals surface area (Å²) in [5.74, 6) is 0.204. The lowest BCUT2D eigenvalue weighted by Crippen LogP contribution is -2.51. The average molecular weight is 295 g/mol. The Morgan fingerprint density at radius 2 is 2.00 bits per heavy atom. The van der Waals surface area contributed by atoms with Gasteiger partial charge in [0.1, 0.15) is 5.75 Å². The lowest BCUT2D eigenvalue weighted by molar-refractivity contribution is 0.0795. The van der Waals surface area contributed by atoms with Crippen LogP contribution in [0.4, 0.5) is 0 Å². The Kier molecular flexibility index (Phi) is 3.93. The van der Waals surface area contributed by atoms with E-state index in [0.29, 0.717) is 5.02 Å². The smallest absolute Gasteiger partial charge is 0.134 e. The Labute approximate surface area is 125 Å². The van der Waals surface area contributed by atoms with Gasteiger partial charge in [-0.1, -0.05) is 18.0 Å². The number of likely N-dealkylation sites (tertiary alicyclic amines) is 1. The summed E-state index contributed by atoms with van der Waals surface area (Å²) in [6.07, 6.45) is 4.84. The number of nitrogens with one attached hydrogen (secondary N) is 1. The predicted octanol–water partition coefficient (Wildman–Crippen LogP) is 2.89. The molecule has 0 radical (unpaired) electrons. The van der Waals surface area contributed by atoms with Gasteiger partial charge >= 0.3 is 0 Å². The third kappa shape index (κ3) is 2.43. The maximum atomic E-state index is 10.0. The van der Waals surface area contributed by atoms with Crippen LogP contribution in [0, 0.1) is 0 Å². The van der Waals surface area contributed by atoms with Gasteiger partial charge in [-0.15, -0.1) is 0 Å². The number of fused-ring (bicyclic) bond motifs is 1. The molecule has 110 valence electrons. The van der Waals surface area contributed by atoms with E-state index in [-0.39, 0.29) is 11.3 Å². The molecule has 1 aromatic rings. The summed E-state index contributed by atoms with van der Waals surface area (Å²) in [7, 11) is 0. The van der Waals surface area contributed by atoms with E-state index in [2.05, 4.69) is 17.1 Å². The van der Waals surface area contributed by atoms with E-state index < -0.39 is 0 Å². The van der Waals surface area contributed by atoms with Crippen molar-refractivity contribution < 1.29 is 5.11 Å². The van der Waals surface area contributed by atoms with Gasteiger partial charge in [-0.3, -0.25) is 4.90 Å². The number of phenols is 1. The Hall–Kier alpha value is -0.770. The summed E-state index contributed by atoms with van der Waals surface area (Å²) in [5, 5.41) is 14.0. The molecule has 3 rings (SSSR count). The first-order valence-electron chi connectivity index (χ1n) is 7.59. The van der Waals surface area contributed by atoms with Crippen LogP contribution in [0.2, 0.25) is 5.02 Å². The van der Waals surface area contributed by atoms with Crippen molar-refractivity contribution in [3.63, 3.8) is 0 Å². The number of hydrogen-bond acceptors (Lipinski definition) is 3. The van der Waals surface area contributed by atoms with Crippen LogP contribution in [-0.4, -0.2) is 36.2 Å². The van der Waals surface area contributed by atoms with E-state index in [4.69, 9.17) is 11.6 Å². The molecule has 2 aliphatic rings. The third-order valence-electron chi connectivity index (χ3n) is 4.85. The first-order chi connectivity index (χ1) is 9.61. The molecule has 0 spiro atoms. The summed E-state index contributed by atoms with van der Waals surface area (Å²) in [6.45, 7) is 6.48. The zero-order chi connectivity index (χ0) is 14.2. The molecule has 3 nitrogen and oxygen atoms in total. The van der Waals surface area contributed by atoms with Gasteiger partial charge in [0.25, 0.3) is 0 Å². The van der Waals surface area contributed by atoms with Crippen molar-refractivity contribution in [2.75, 3.05) is 26.2 Å². The number of hydrogen-bond donors (Lipinski definition) is 2. The van der Waals surface area contributed by atoms with Gasteiger partial charge in [0.2, 0.25) is 0 Å². The van der Waals surface area contributed by atoms with Crippen molar-refractivity contribution in [2.24, 2.45) is 0 Å². The number of halogens is 1. The SMILES string of the molecule is CC1(N2CCCCC2)CNCCc2cc(Cl)c(O)cc21. The molecule has 0 aliphatic carbocycles. The molecule has 4 heteroatoms. The molecule has 0 bridgehead atoms. The van der Waals surface area contributed by atoms with Crippen LogP contribution in [0.25, 0.3) is 0 Å². The quantitative estimate of drug-likeness (QED) is 0.836. The van der Waals surface area contributed by atoms with Crippen LogP contribution in [0.3, 0.4) is 0 Å². The second-order valence-corrected chi connectivity index (χ2v) is 6.62. The van der Waals surface area contributed by atoms with Gasteiger partial charge in [-0.25, -0.2) is 0 Å². The van der Waals surface area contributed by atoms with E-state index in [9.17, 15) is 5.11 Å². The molecule has 1 saturated heterocycles. The summed E-state index contributed by atoms with van der Waals surface area (Å²) in [5.41, 5.74) is 2.46. The first kappa shape index (κ1) is 14.2. The Morgan fingerprint density at radius 1 is 1.25 bits per heavy atom. The fourth-order valence-corrected chi connectivity index (χ4v) is 3.82. The highest BCUT2D eigenvalue weighted by atomic mass is 35.5. The number of benzene rings is 1. The molecule has 1 unspecified atom stereocenters. The van der Waals surface area contributed by atoms with E-state index in [0.717, 1.165) is 32.6 Å². The number of phenolic OH excluding ortho intramolecular Hbond substituents is 1. The van der Waals surface area contributed by atoms with Crippen LogP contribution in [0.1, 0.15) is 37.3 Å². The molecular formula is C16H23ClN2O. The second kappa shape index (κ2) is 5.55. The van der Waals surface area contributed by atoms with E-state index in [1.54, 1.807) is 0 Å². The van der Waals surface area contributed by atoms with Crippen molar-refractivity contribution in [1.82, 2.24) is 10.2 Å². The topological polar surface area (TPSA) is 35.5 Å². The third-order valence-corrected chi connectivity index (χ3v) is 5.15. The first-order valence-corrected chi connectivity index (χ1v) is 7.97. The molecule has 20 heavy (non-hydrogen) atoms. The van der Waals surface area contributed by atoms with Gasteiger partial charge < -0.3 is 10.4 Å².